The van der Waals surface area contributed by atoms with Crippen molar-refractivity contribution in [3.05, 3.63) is 35.2 Å². The maximum Gasteiger partial charge on any atom is 0.451 e. The van der Waals surface area contributed by atoms with Crippen LogP contribution in [-0.4, -0.2) is 15.0 Å². The number of hydrogen-bond acceptors (Lipinski definition) is 5. The average Bonchev–Trinajstić information content (AvgIpc) is 2.30. The quantitative estimate of drug-likeness (QED) is 0.863. The molecule has 0 saturated heterocycles. The lowest BCUT2D eigenvalue weighted by molar-refractivity contribution is -0.145. The van der Waals surface area contributed by atoms with Crippen LogP contribution in [0.2, 0.25) is 5.02 Å². The monoisotopic (exact) mass is 306 g/mol. The minimum atomic E-state index is -4.65. The molecule has 2 N–H and O–H groups in total. The number of aromatic nitrogens is 3. The summed E-state index contributed by atoms with van der Waals surface area (Å²) in [6, 6.07) is 4.42. The third kappa shape index (κ3) is 3.48. The molecule has 100 valence electrons. The Morgan fingerprint density at radius 3 is 2.63 bits per heavy atom. The van der Waals surface area contributed by atoms with Gasteiger partial charge in [-0.05, 0) is 23.9 Å². The van der Waals surface area contributed by atoms with E-state index in [1.807, 2.05) is 0 Å². The maximum absolute atomic E-state index is 12.5. The van der Waals surface area contributed by atoms with Gasteiger partial charge in [-0.1, -0.05) is 11.6 Å². The van der Waals surface area contributed by atoms with Gasteiger partial charge in [0, 0.05) is 12.3 Å². The fraction of sp³-hybridized carbons (Fsp3) is 0.100. The van der Waals surface area contributed by atoms with Crippen molar-refractivity contribution in [2.75, 3.05) is 5.73 Å². The van der Waals surface area contributed by atoms with E-state index in [4.69, 9.17) is 17.3 Å². The van der Waals surface area contributed by atoms with Gasteiger partial charge in [-0.25, -0.2) is 15.0 Å². The van der Waals surface area contributed by atoms with Gasteiger partial charge >= 0.3 is 6.18 Å². The van der Waals surface area contributed by atoms with Gasteiger partial charge in [-0.15, -0.1) is 0 Å². The highest BCUT2D eigenvalue weighted by atomic mass is 35.5. The van der Waals surface area contributed by atoms with Crippen molar-refractivity contribution in [2.24, 2.45) is 0 Å². The molecule has 0 aliphatic rings. The Bertz CT molecular complexity index is 606. The van der Waals surface area contributed by atoms with Crippen LogP contribution in [0.25, 0.3) is 0 Å². The van der Waals surface area contributed by atoms with Gasteiger partial charge in [0.1, 0.15) is 15.9 Å². The standard InChI is InChI=1S/C10H6ClF3N4S/c11-5-2-1-3-16-8(5)19-7-4-6(15)17-9(18-7)10(12,13)14/h1-4H,(H2,15,17,18). The number of nitrogen functional groups attached to an aromatic ring is 1. The van der Waals surface area contributed by atoms with E-state index in [2.05, 4.69) is 15.0 Å². The lowest BCUT2D eigenvalue weighted by atomic mass is 10.5. The van der Waals surface area contributed by atoms with Crippen molar-refractivity contribution < 1.29 is 13.2 Å². The van der Waals surface area contributed by atoms with Crippen molar-refractivity contribution in [1.29, 1.82) is 0 Å². The van der Waals surface area contributed by atoms with Crippen molar-refractivity contribution in [3.8, 4) is 0 Å². The first kappa shape index (κ1) is 13.9. The Labute approximate surface area is 115 Å². The smallest absolute Gasteiger partial charge is 0.384 e. The van der Waals surface area contributed by atoms with E-state index in [1.54, 1.807) is 12.1 Å². The Balaban J connectivity index is 2.36. The number of hydrogen-bond donors (Lipinski definition) is 1. The van der Waals surface area contributed by atoms with Crippen molar-refractivity contribution in [3.63, 3.8) is 0 Å². The Hall–Kier alpha value is -1.54. The largest absolute Gasteiger partial charge is 0.451 e. The molecule has 2 aromatic rings. The van der Waals surface area contributed by atoms with Gasteiger partial charge in [0.15, 0.2) is 0 Å². The fourth-order valence-corrected chi connectivity index (χ4v) is 2.19. The predicted molar refractivity (Wildman–Crippen MR) is 64.8 cm³/mol. The molecule has 0 aliphatic carbocycles. The number of nitrogens with zero attached hydrogens (tertiary/aromatic N) is 3. The summed E-state index contributed by atoms with van der Waals surface area (Å²) in [6.07, 6.45) is -3.18. The van der Waals surface area contributed by atoms with Gasteiger partial charge in [-0.3, -0.25) is 0 Å². The average molecular weight is 307 g/mol. The van der Waals surface area contributed by atoms with Crippen molar-refractivity contribution in [1.82, 2.24) is 15.0 Å². The molecule has 4 nitrogen and oxygen atoms in total. The van der Waals surface area contributed by atoms with Crippen LogP contribution in [0.4, 0.5) is 19.0 Å². The van der Waals surface area contributed by atoms with Gasteiger partial charge < -0.3 is 5.73 Å². The molecular weight excluding hydrogens is 301 g/mol. The van der Waals surface area contributed by atoms with Crippen LogP contribution in [0.3, 0.4) is 0 Å². The SMILES string of the molecule is Nc1cc(Sc2ncccc2Cl)nc(C(F)(F)F)n1. The van der Waals surface area contributed by atoms with Gasteiger partial charge in [0.2, 0.25) is 5.82 Å². The number of anilines is 1. The highest BCUT2D eigenvalue weighted by Crippen LogP contribution is 2.33. The molecule has 0 aromatic carbocycles. The summed E-state index contributed by atoms with van der Waals surface area (Å²) in [4.78, 5) is 10.5. The summed E-state index contributed by atoms with van der Waals surface area (Å²) >= 11 is 6.75. The van der Waals surface area contributed by atoms with Crippen LogP contribution >= 0.6 is 23.4 Å². The molecule has 0 fully saturated rings. The van der Waals surface area contributed by atoms with E-state index in [0.717, 1.165) is 11.8 Å². The molecule has 19 heavy (non-hydrogen) atoms. The summed E-state index contributed by atoms with van der Waals surface area (Å²) in [5.74, 6) is -1.56. The summed E-state index contributed by atoms with van der Waals surface area (Å²) in [5.41, 5.74) is 5.33. The predicted octanol–water partition coefficient (Wildman–Crippen LogP) is 3.28. The van der Waals surface area contributed by atoms with Crippen LogP contribution in [-0.2, 0) is 6.18 Å². The van der Waals surface area contributed by atoms with E-state index in [-0.39, 0.29) is 10.8 Å². The van der Waals surface area contributed by atoms with E-state index in [0.29, 0.717) is 10.0 Å². The first-order valence-electron chi connectivity index (χ1n) is 4.86. The lowest BCUT2D eigenvalue weighted by Crippen LogP contribution is -2.12. The molecule has 0 atom stereocenters. The molecule has 0 saturated carbocycles. The molecule has 0 radical (unpaired) electrons. The van der Waals surface area contributed by atoms with Gasteiger partial charge in [-0.2, -0.15) is 13.2 Å². The summed E-state index contributed by atoms with van der Waals surface area (Å²) < 4.78 is 37.6. The van der Waals surface area contributed by atoms with E-state index >= 15 is 0 Å². The zero-order valence-corrected chi connectivity index (χ0v) is 10.7. The summed E-state index contributed by atoms with van der Waals surface area (Å²) in [6.45, 7) is 0. The third-order valence-electron chi connectivity index (χ3n) is 1.90. The van der Waals surface area contributed by atoms with E-state index in [9.17, 15) is 13.2 Å². The van der Waals surface area contributed by atoms with Crippen LogP contribution in [0.5, 0.6) is 0 Å². The molecule has 0 amide bonds. The van der Waals surface area contributed by atoms with Crippen molar-refractivity contribution in [2.45, 2.75) is 16.2 Å². The fourth-order valence-electron chi connectivity index (χ4n) is 1.17. The molecule has 0 spiro atoms. The molecule has 9 heteroatoms. The molecule has 0 bridgehead atoms. The van der Waals surface area contributed by atoms with Crippen molar-refractivity contribution >= 4 is 29.2 Å². The van der Waals surface area contributed by atoms with Crippen LogP contribution in [0.15, 0.2) is 34.4 Å². The summed E-state index contributed by atoms with van der Waals surface area (Å²) in [7, 11) is 0. The molecule has 0 unspecified atom stereocenters. The zero-order valence-electron chi connectivity index (χ0n) is 9.15. The molecule has 2 heterocycles. The first-order chi connectivity index (χ1) is 8.86. The Morgan fingerprint density at radius 1 is 1.26 bits per heavy atom. The topological polar surface area (TPSA) is 64.7 Å². The number of alkyl halides is 3. The number of rotatable bonds is 2. The van der Waals surface area contributed by atoms with E-state index < -0.39 is 12.0 Å². The second-order valence-electron chi connectivity index (χ2n) is 3.34. The second-order valence-corrected chi connectivity index (χ2v) is 4.76. The minimum Gasteiger partial charge on any atom is -0.384 e. The number of halogens is 4. The summed E-state index contributed by atoms with van der Waals surface area (Å²) in [5, 5.41) is 0.689. The highest BCUT2D eigenvalue weighted by Gasteiger charge is 2.35. The lowest BCUT2D eigenvalue weighted by Gasteiger charge is -2.08. The van der Waals surface area contributed by atoms with Gasteiger partial charge in [0.25, 0.3) is 0 Å². The molecule has 0 aliphatic heterocycles. The second kappa shape index (κ2) is 5.22. The number of nitrogens with two attached hydrogens (primary N) is 1. The molecular formula is C10H6ClF3N4S. The normalized spacial score (nSPS) is 11.6. The minimum absolute atomic E-state index is 0.0282. The van der Waals surface area contributed by atoms with Crippen LogP contribution in [0, 0.1) is 0 Å². The molecule has 2 aromatic heterocycles. The highest BCUT2D eigenvalue weighted by molar-refractivity contribution is 7.99. The number of pyridine rings is 1. The van der Waals surface area contributed by atoms with Gasteiger partial charge in [0.05, 0.1) is 5.02 Å². The van der Waals surface area contributed by atoms with Crippen LogP contribution in [0.1, 0.15) is 5.82 Å². The Kier molecular flexibility index (Phi) is 3.81. The first-order valence-corrected chi connectivity index (χ1v) is 6.06. The maximum atomic E-state index is 12.5. The van der Waals surface area contributed by atoms with Crippen LogP contribution < -0.4 is 5.73 Å². The third-order valence-corrected chi connectivity index (χ3v) is 3.26. The molecule has 2 rings (SSSR count). The van der Waals surface area contributed by atoms with E-state index in [1.165, 1.54) is 12.3 Å². The Morgan fingerprint density at radius 2 is 2.00 bits per heavy atom. The zero-order chi connectivity index (χ0) is 14.0.